The van der Waals surface area contributed by atoms with Crippen LogP contribution in [-0.2, 0) is 6.54 Å². The van der Waals surface area contributed by atoms with Gasteiger partial charge in [0.25, 0.3) is 0 Å². The fourth-order valence-corrected chi connectivity index (χ4v) is 1.81. The van der Waals surface area contributed by atoms with Crippen LogP contribution in [0.3, 0.4) is 0 Å². The Kier molecular flexibility index (Phi) is 4.58. The van der Waals surface area contributed by atoms with Crippen LogP contribution >= 0.6 is 0 Å². The van der Waals surface area contributed by atoms with E-state index in [2.05, 4.69) is 29.1 Å². The average molecular weight is 259 g/mol. The van der Waals surface area contributed by atoms with Crippen LogP contribution in [0.2, 0.25) is 0 Å². The largest absolute Gasteiger partial charge is 0.494 e. The molecule has 0 fully saturated rings. The first-order valence-electron chi connectivity index (χ1n) is 6.69. The highest BCUT2D eigenvalue weighted by Gasteiger charge is 2.05. The SMILES string of the molecule is CCOc1cccc(-c2ncc(CNC(C)C)[nH]2)c1. The fourth-order valence-electron chi connectivity index (χ4n) is 1.81. The number of nitrogens with one attached hydrogen (secondary N) is 2. The summed E-state index contributed by atoms with van der Waals surface area (Å²) in [6.07, 6.45) is 1.87. The molecule has 2 N–H and O–H groups in total. The van der Waals surface area contributed by atoms with Crippen LogP contribution in [0.5, 0.6) is 5.75 Å². The Bertz CT molecular complexity index is 520. The summed E-state index contributed by atoms with van der Waals surface area (Å²) < 4.78 is 5.50. The van der Waals surface area contributed by atoms with Crippen LogP contribution in [-0.4, -0.2) is 22.6 Å². The maximum Gasteiger partial charge on any atom is 0.137 e. The second-order valence-electron chi connectivity index (χ2n) is 4.75. The molecule has 0 unspecified atom stereocenters. The fraction of sp³-hybridized carbons (Fsp3) is 0.400. The number of hydrogen-bond donors (Lipinski definition) is 2. The van der Waals surface area contributed by atoms with Crippen LogP contribution in [0.25, 0.3) is 11.4 Å². The van der Waals surface area contributed by atoms with Gasteiger partial charge in [-0.05, 0) is 19.1 Å². The topological polar surface area (TPSA) is 49.9 Å². The molecule has 1 aromatic carbocycles. The Balaban J connectivity index is 2.11. The predicted molar refractivity (Wildman–Crippen MR) is 77.2 cm³/mol. The molecule has 1 aromatic heterocycles. The van der Waals surface area contributed by atoms with E-state index in [0.717, 1.165) is 29.4 Å². The van der Waals surface area contributed by atoms with E-state index in [4.69, 9.17) is 4.74 Å². The molecule has 0 saturated carbocycles. The zero-order valence-electron chi connectivity index (χ0n) is 11.7. The highest BCUT2D eigenvalue weighted by Crippen LogP contribution is 2.21. The maximum atomic E-state index is 5.50. The number of ether oxygens (including phenoxy) is 1. The molecule has 0 aliphatic carbocycles. The van der Waals surface area contributed by atoms with Crippen LogP contribution < -0.4 is 10.1 Å². The lowest BCUT2D eigenvalue weighted by Crippen LogP contribution is -2.21. The minimum atomic E-state index is 0.466. The van der Waals surface area contributed by atoms with E-state index in [1.54, 1.807) is 0 Å². The van der Waals surface area contributed by atoms with E-state index in [0.29, 0.717) is 12.6 Å². The molecule has 1 heterocycles. The summed E-state index contributed by atoms with van der Waals surface area (Å²) in [7, 11) is 0. The normalized spacial score (nSPS) is 10.9. The third kappa shape index (κ3) is 3.83. The van der Waals surface area contributed by atoms with Crippen LogP contribution in [0.4, 0.5) is 0 Å². The van der Waals surface area contributed by atoms with Gasteiger partial charge in [0.1, 0.15) is 11.6 Å². The van der Waals surface area contributed by atoms with E-state index in [9.17, 15) is 0 Å². The van der Waals surface area contributed by atoms with Crippen molar-refractivity contribution in [3.05, 3.63) is 36.2 Å². The van der Waals surface area contributed by atoms with Crippen LogP contribution in [0.1, 0.15) is 26.5 Å². The molecular weight excluding hydrogens is 238 g/mol. The molecular formula is C15H21N3O. The lowest BCUT2D eigenvalue weighted by atomic mass is 10.2. The molecule has 4 heteroatoms. The van der Waals surface area contributed by atoms with Crippen molar-refractivity contribution in [2.75, 3.05) is 6.61 Å². The van der Waals surface area contributed by atoms with Crippen LogP contribution in [0, 0.1) is 0 Å². The van der Waals surface area contributed by atoms with Crippen LogP contribution in [0.15, 0.2) is 30.5 Å². The molecule has 0 saturated heterocycles. The van der Waals surface area contributed by atoms with Crippen molar-refractivity contribution in [3.8, 4) is 17.1 Å². The zero-order valence-corrected chi connectivity index (χ0v) is 11.7. The Morgan fingerprint density at radius 1 is 1.37 bits per heavy atom. The Hall–Kier alpha value is -1.81. The summed E-state index contributed by atoms with van der Waals surface area (Å²) in [6, 6.07) is 8.43. The molecule has 0 radical (unpaired) electrons. The van der Waals surface area contributed by atoms with Gasteiger partial charge in [-0.1, -0.05) is 26.0 Å². The van der Waals surface area contributed by atoms with Crippen molar-refractivity contribution >= 4 is 0 Å². The van der Waals surface area contributed by atoms with E-state index in [-0.39, 0.29) is 0 Å². The van der Waals surface area contributed by atoms with Gasteiger partial charge in [-0.2, -0.15) is 0 Å². The predicted octanol–water partition coefficient (Wildman–Crippen LogP) is 2.97. The first-order chi connectivity index (χ1) is 9.19. The van der Waals surface area contributed by atoms with Crippen molar-refractivity contribution in [2.45, 2.75) is 33.4 Å². The molecule has 0 amide bonds. The second-order valence-corrected chi connectivity index (χ2v) is 4.75. The summed E-state index contributed by atoms with van der Waals surface area (Å²) in [5.41, 5.74) is 2.13. The Morgan fingerprint density at radius 3 is 2.95 bits per heavy atom. The van der Waals surface area contributed by atoms with Gasteiger partial charge in [-0.3, -0.25) is 0 Å². The van der Waals surface area contributed by atoms with Gasteiger partial charge < -0.3 is 15.0 Å². The third-order valence-electron chi connectivity index (χ3n) is 2.75. The Morgan fingerprint density at radius 2 is 2.21 bits per heavy atom. The van der Waals surface area contributed by atoms with Crippen molar-refractivity contribution in [1.29, 1.82) is 0 Å². The molecule has 19 heavy (non-hydrogen) atoms. The minimum absolute atomic E-state index is 0.466. The molecule has 0 aliphatic rings. The number of benzene rings is 1. The molecule has 0 bridgehead atoms. The van der Waals surface area contributed by atoms with Crippen molar-refractivity contribution in [2.24, 2.45) is 0 Å². The Labute approximate surface area is 114 Å². The molecule has 0 aliphatic heterocycles. The van der Waals surface area contributed by atoms with Crippen molar-refractivity contribution < 1.29 is 4.74 Å². The highest BCUT2D eigenvalue weighted by molar-refractivity contribution is 5.57. The lowest BCUT2D eigenvalue weighted by Gasteiger charge is -2.06. The molecule has 2 aromatic rings. The van der Waals surface area contributed by atoms with E-state index in [1.807, 2.05) is 37.4 Å². The number of imidazole rings is 1. The van der Waals surface area contributed by atoms with Gasteiger partial charge in [0.15, 0.2) is 0 Å². The third-order valence-corrected chi connectivity index (χ3v) is 2.75. The molecule has 4 nitrogen and oxygen atoms in total. The zero-order chi connectivity index (χ0) is 13.7. The number of rotatable bonds is 6. The van der Waals surface area contributed by atoms with Gasteiger partial charge in [-0.25, -0.2) is 4.98 Å². The second kappa shape index (κ2) is 6.38. The van der Waals surface area contributed by atoms with E-state index in [1.165, 1.54) is 0 Å². The summed E-state index contributed by atoms with van der Waals surface area (Å²) >= 11 is 0. The first kappa shape index (κ1) is 13.6. The number of H-pyrrole nitrogens is 1. The maximum absolute atomic E-state index is 5.50. The van der Waals surface area contributed by atoms with Gasteiger partial charge >= 0.3 is 0 Å². The van der Waals surface area contributed by atoms with Crippen molar-refractivity contribution in [3.63, 3.8) is 0 Å². The standard InChI is InChI=1S/C15H21N3O/c1-4-19-14-7-5-6-12(8-14)15-17-10-13(18-15)9-16-11(2)3/h5-8,10-11,16H,4,9H2,1-3H3,(H,17,18). The smallest absolute Gasteiger partial charge is 0.137 e. The summed E-state index contributed by atoms with van der Waals surface area (Å²) in [5.74, 6) is 1.75. The number of nitrogens with zero attached hydrogens (tertiary/aromatic N) is 1. The van der Waals surface area contributed by atoms with Gasteiger partial charge in [0.05, 0.1) is 6.61 Å². The average Bonchev–Trinajstić information content (AvgIpc) is 2.86. The minimum Gasteiger partial charge on any atom is -0.494 e. The van der Waals surface area contributed by atoms with Gasteiger partial charge in [0.2, 0.25) is 0 Å². The van der Waals surface area contributed by atoms with Gasteiger partial charge in [0, 0.05) is 30.0 Å². The quantitative estimate of drug-likeness (QED) is 0.838. The number of hydrogen-bond acceptors (Lipinski definition) is 3. The van der Waals surface area contributed by atoms with E-state index >= 15 is 0 Å². The summed E-state index contributed by atoms with van der Waals surface area (Å²) in [4.78, 5) is 7.74. The number of aromatic nitrogens is 2. The molecule has 0 atom stereocenters. The molecule has 102 valence electrons. The highest BCUT2D eigenvalue weighted by atomic mass is 16.5. The summed E-state index contributed by atoms with van der Waals surface area (Å²) in [6.45, 7) is 7.71. The summed E-state index contributed by atoms with van der Waals surface area (Å²) in [5, 5.41) is 3.36. The monoisotopic (exact) mass is 259 g/mol. The van der Waals surface area contributed by atoms with Crippen molar-refractivity contribution in [1.82, 2.24) is 15.3 Å². The van der Waals surface area contributed by atoms with Gasteiger partial charge in [-0.15, -0.1) is 0 Å². The first-order valence-corrected chi connectivity index (χ1v) is 6.69. The lowest BCUT2D eigenvalue weighted by molar-refractivity contribution is 0.340. The molecule has 0 spiro atoms. The molecule has 2 rings (SSSR count). The van der Waals surface area contributed by atoms with E-state index < -0.39 is 0 Å². The number of aromatic amines is 1.